The lowest BCUT2D eigenvalue weighted by Crippen LogP contribution is -2.39. The normalized spacial score (nSPS) is 24.6. The number of aromatic nitrogens is 2. The average molecular weight is 298 g/mol. The van der Waals surface area contributed by atoms with Crippen LogP contribution in [0.3, 0.4) is 0 Å². The fourth-order valence-corrected chi connectivity index (χ4v) is 3.73. The Labute approximate surface area is 130 Å². The first-order chi connectivity index (χ1) is 10.8. The molecule has 2 bridgehead atoms. The van der Waals surface area contributed by atoms with E-state index in [4.69, 9.17) is 0 Å². The number of amides is 1. The van der Waals surface area contributed by atoms with E-state index >= 15 is 0 Å². The van der Waals surface area contributed by atoms with E-state index < -0.39 is 0 Å². The summed E-state index contributed by atoms with van der Waals surface area (Å²) in [6, 6.07) is 9.20. The summed E-state index contributed by atoms with van der Waals surface area (Å²) in [5.41, 5.74) is 2.10. The lowest BCUT2D eigenvalue weighted by Gasteiger charge is -2.24. The molecule has 3 heterocycles. The highest BCUT2D eigenvalue weighted by Crippen LogP contribution is 2.21. The number of imidazole rings is 1. The van der Waals surface area contributed by atoms with Crippen LogP contribution in [-0.2, 0) is 11.3 Å². The van der Waals surface area contributed by atoms with Crippen LogP contribution < -0.4 is 5.32 Å². The van der Waals surface area contributed by atoms with Crippen LogP contribution in [0.15, 0.2) is 30.6 Å². The number of hydrogen-bond donors (Lipinski definition) is 1. The van der Waals surface area contributed by atoms with Crippen molar-refractivity contribution in [3.05, 3.63) is 30.6 Å². The first-order valence-corrected chi connectivity index (χ1v) is 8.23. The van der Waals surface area contributed by atoms with Gasteiger partial charge in [0.15, 0.2) is 0 Å². The van der Waals surface area contributed by atoms with E-state index in [1.807, 2.05) is 24.5 Å². The monoisotopic (exact) mass is 298 g/mol. The average Bonchev–Trinajstić information content (AvgIpc) is 3.08. The smallest absolute Gasteiger partial charge is 0.224 e. The van der Waals surface area contributed by atoms with E-state index in [0.717, 1.165) is 30.5 Å². The Morgan fingerprint density at radius 1 is 1.23 bits per heavy atom. The van der Waals surface area contributed by atoms with Crippen molar-refractivity contribution in [1.82, 2.24) is 19.8 Å². The molecule has 2 unspecified atom stereocenters. The van der Waals surface area contributed by atoms with Gasteiger partial charge in [0.2, 0.25) is 5.91 Å². The molecule has 2 aliphatic rings. The van der Waals surface area contributed by atoms with Crippen LogP contribution >= 0.6 is 0 Å². The molecule has 2 aliphatic heterocycles. The molecule has 2 aromatic rings. The minimum Gasteiger partial charge on any atom is -0.341 e. The van der Waals surface area contributed by atoms with Gasteiger partial charge in [-0.15, -0.1) is 0 Å². The van der Waals surface area contributed by atoms with E-state index in [1.54, 1.807) is 0 Å². The lowest BCUT2D eigenvalue weighted by atomic mass is 10.1. The minimum absolute atomic E-state index is 0.270. The van der Waals surface area contributed by atoms with Gasteiger partial charge in [-0.25, -0.2) is 4.98 Å². The Balaban J connectivity index is 1.40. The Morgan fingerprint density at radius 3 is 3.05 bits per heavy atom. The molecule has 1 aromatic carbocycles. The number of para-hydroxylation sites is 2. The molecule has 116 valence electrons. The maximum atomic E-state index is 12.5. The number of likely N-dealkylation sites (tertiary alicyclic amines) is 1. The maximum Gasteiger partial charge on any atom is 0.224 e. The Kier molecular flexibility index (Phi) is 3.58. The van der Waals surface area contributed by atoms with Gasteiger partial charge in [-0.05, 0) is 31.4 Å². The van der Waals surface area contributed by atoms with Crippen LogP contribution in [0.1, 0.15) is 25.7 Å². The number of nitrogens with zero attached hydrogens (tertiary/aromatic N) is 3. The summed E-state index contributed by atoms with van der Waals surface area (Å²) in [7, 11) is 0. The third kappa shape index (κ3) is 2.61. The fourth-order valence-electron chi connectivity index (χ4n) is 3.73. The van der Waals surface area contributed by atoms with Gasteiger partial charge in [0.05, 0.1) is 17.4 Å². The van der Waals surface area contributed by atoms with Gasteiger partial charge in [-0.1, -0.05) is 12.1 Å². The molecule has 1 amide bonds. The third-order valence-corrected chi connectivity index (χ3v) is 4.97. The summed E-state index contributed by atoms with van der Waals surface area (Å²) in [5.74, 6) is 0.270. The molecule has 0 radical (unpaired) electrons. The van der Waals surface area contributed by atoms with Gasteiger partial charge in [-0.3, -0.25) is 4.79 Å². The van der Waals surface area contributed by atoms with Crippen molar-refractivity contribution in [2.75, 3.05) is 13.1 Å². The molecular formula is C17H22N4O. The number of carbonyl (C=O) groups is 1. The van der Waals surface area contributed by atoms with Crippen molar-refractivity contribution in [3.63, 3.8) is 0 Å². The van der Waals surface area contributed by atoms with Crippen LogP contribution in [-0.4, -0.2) is 45.5 Å². The second-order valence-corrected chi connectivity index (χ2v) is 6.44. The highest BCUT2D eigenvalue weighted by molar-refractivity contribution is 5.77. The molecule has 4 rings (SSSR count). The zero-order valence-corrected chi connectivity index (χ0v) is 12.7. The molecule has 1 aromatic heterocycles. The Bertz CT molecular complexity index is 680. The van der Waals surface area contributed by atoms with Gasteiger partial charge in [0.1, 0.15) is 0 Å². The highest BCUT2D eigenvalue weighted by Gasteiger charge is 2.30. The summed E-state index contributed by atoms with van der Waals surface area (Å²) < 4.78 is 2.08. The van der Waals surface area contributed by atoms with Crippen LogP contribution in [0.2, 0.25) is 0 Å². The second kappa shape index (κ2) is 5.72. The molecular weight excluding hydrogens is 276 g/mol. The molecule has 5 nitrogen and oxygen atoms in total. The SMILES string of the molecule is O=C(CCn1cnc2ccccc21)N1CCC2CCC(C1)N2. The van der Waals surface area contributed by atoms with E-state index in [-0.39, 0.29) is 5.91 Å². The summed E-state index contributed by atoms with van der Waals surface area (Å²) in [6.45, 7) is 2.48. The lowest BCUT2D eigenvalue weighted by molar-refractivity contribution is -0.131. The molecule has 2 fully saturated rings. The van der Waals surface area contributed by atoms with Crippen molar-refractivity contribution < 1.29 is 4.79 Å². The third-order valence-electron chi connectivity index (χ3n) is 4.97. The number of aryl methyl sites for hydroxylation is 1. The van der Waals surface area contributed by atoms with Crippen molar-refractivity contribution in [2.24, 2.45) is 0 Å². The summed E-state index contributed by atoms with van der Waals surface area (Å²) >= 11 is 0. The molecule has 1 N–H and O–H groups in total. The van der Waals surface area contributed by atoms with E-state index in [9.17, 15) is 4.79 Å². The summed E-state index contributed by atoms with van der Waals surface area (Å²) in [4.78, 5) is 19.0. The molecule has 22 heavy (non-hydrogen) atoms. The van der Waals surface area contributed by atoms with Gasteiger partial charge in [0.25, 0.3) is 0 Å². The topological polar surface area (TPSA) is 50.2 Å². The number of carbonyl (C=O) groups excluding carboxylic acids is 1. The summed E-state index contributed by atoms with van der Waals surface area (Å²) in [6.07, 6.45) is 5.96. The van der Waals surface area contributed by atoms with E-state index in [1.165, 1.54) is 12.8 Å². The molecule has 0 aliphatic carbocycles. The van der Waals surface area contributed by atoms with Gasteiger partial charge >= 0.3 is 0 Å². The van der Waals surface area contributed by atoms with Crippen LogP contribution in [0.25, 0.3) is 11.0 Å². The largest absolute Gasteiger partial charge is 0.341 e. The van der Waals surface area contributed by atoms with Crippen LogP contribution in [0, 0.1) is 0 Å². The number of rotatable bonds is 3. The first-order valence-electron chi connectivity index (χ1n) is 8.23. The van der Waals surface area contributed by atoms with Crippen molar-refractivity contribution >= 4 is 16.9 Å². The summed E-state index contributed by atoms with van der Waals surface area (Å²) in [5, 5.41) is 3.62. The van der Waals surface area contributed by atoms with Gasteiger partial charge in [-0.2, -0.15) is 0 Å². The zero-order valence-electron chi connectivity index (χ0n) is 12.7. The van der Waals surface area contributed by atoms with Gasteiger partial charge < -0.3 is 14.8 Å². The molecule has 0 spiro atoms. The predicted octanol–water partition coefficient (Wildman–Crippen LogP) is 1.78. The number of benzene rings is 1. The van der Waals surface area contributed by atoms with E-state index in [2.05, 4.69) is 25.8 Å². The number of nitrogens with one attached hydrogen (secondary N) is 1. The quantitative estimate of drug-likeness (QED) is 0.940. The van der Waals surface area contributed by atoms with Crippen molar-refractivity contribution in [3.8, 4) is 0 Å². The second-order valence-electron chi connectivity index (χ2n) is 6.44. The zero-order chi connectivity index (χ0) is 14.9. The van der Waals surface area contributed by atoms with Crippen molar-refractivity contribution in [1.29, 1.82) is 0 Å². The highest BCUT2D eigenvalue weighted by atomic mass is 16.2. The van der Waals surface area contributed by atoms with Crippen LogP contribution in [0.5, 0.6) is 0 Å². The van der Waals surface area contributed by atoms with Crippen LogP contribution in [0.4, 0.5) is 0 Å². The molecule has 0 saturated carbocycles. The first kappa shape index (κ1) is 13.8. The number of hydrogen-bond acceptors (Lipinski definition) is 3. The minimum atomic E-state index is 0.270. The predicted molar refractivity (Wildman–Crippen MR) is 85.5 cm³/mol. The molecule has 5 heteroatoms. The fraction of sp³-hybridized carbons (Fsp3) is 0.529. The Morgan fingerprint density at radius 2 is 2.09 bits per heavy atom. The maximum absolute atomic E-state index is 12.5. The van der Waals surface area contributed by atoms with Gasteiger partial charge in [0, 0.05) is 38.1 Å². The molecule has 2 atom stereocenters. The van der Waals surface area contributed by atoms with E-state index in [0.29, 0.717) is 25.0 Å². The number of fused-ring (bicyclic) bond motifs is 3. The Hall–Kier alpha value is -1.88. The standard InChI is InChI=1S/C17H22N4O/c22-17(20-9-7-13-5-6-14(11-20)19-13)8-10-21-12-18-15-3-1-2-4-16(15)21/h1-4,12-14,19H,5-11H2. The van der Waals surface area contributed by atoms with Crippen molar-refractivity contribution in [2.45, 2.75) is 44.3 Å². The molecule has 2 saturated heterocycles.